The van der Waals surface area contributed by atoms with Gasteiger partial charge in [0, 0.05) is 0 Å². The quantitative estimate of drug-likeness (QED) is 0.358. The molecule has 0 unspecified atom stereocenters. The Kier molecular flexibility index (Phi) is 5.00. The van der Waals surface area contributed by atoms with Crippen LogP contribution in [-0.4, -0.2) is 11.9 Å². The van der Waals surface area contributed by atoms with Crippen molar-refractivity contribution in [2.75, 3.05) is 11.9 Å². The Labute approximate surface area is 45.5 Å². The molecule has 0 atom stereocenters. The lowest BCUT2D eigenvalue weighted by Gasteiger charge is -1.62. The fraction of sp³-hybridized carbons (Fsp3) is 0.500. The molecule has 0 spiro atoms. The van der Waals surface area contributed by atoms with Gasteiger partial charge >= 0.3 is 0 Å². The monoisotopic (exact) mass is 147 g/mol. The summed E-state index contributed by atoms with van der Waals surface area (Å²) in [5, 5.41) is 10.1. The van der Waals surface area contributed by atoms with Crippen LogP contribution >= 0.6 is 15.9 Å². The van der Waals surface area contributed by atoms with Gasteiger partial charge in [-0.2, -0.15) is 0 Å². The first-order valence-electron chi connectivity index (χ1n) is 1.51. The molecule has 0 saturated carbocycles. The maximum Gasteiger partial charge on any atom is 0.143 e. The van der Waals surface area contributed by atoms with E-state index in [0.717, 1.165) is 0 Å². The summed E-state index contributed by atoms with van der Waals surface area (Å²) in [5.41, 5.74) is 0. The summed E-state index contributed by atoms with van der Waals surface area (Å²) < 4.78 is 0. The van der Waals surface area contributed by atoms with Crippen molar-refractivity contribution >= 4 is 15.9 Å². The lowest BCUT2D eigenvalue weighted by molar-refractivity contribution is 0.239. The third-order valence-corrected chi connectivity index (χ3v) is 0.544. The van der Waals surface area contributed by atoms with Gasteiger partial charge in [0.05, 0.1) is 5.33 Å². The second-order valence-electron chi connectivity index (χ2n) is 0.632. The lowest BCUT2D eigenvalue weighted by Crippen LogP contribution is -1.67. The van der Waals surface area contributed by atoms with Gasteiger partial charge in [-0.05, 0) is 0 Å². The second-order valence-corrected chi connectivity index (χ2v) is 1.19. The van der Waals surface area contributed by atoms with Crippen molar-refractivity contribution < 1.29 is 5.11 Å². The van der Waals surface area contributed by atoms with Crippen LogP contribution < -0.4 is 0 Å². The Balaban J connectivity index is 2.90. The molecule has 0 heterocycles. The van der Waals surface area contributed by atoms with Crippen molar-refractivity contribution in [3.8, 4) is 11.8 Å². The zero-order valence-electron chi connectivity index (χ0n) is 3.20. The van der Waals surface area contributed by atoms with Crippen LogP contribution in [0, 0.1) is 11.8 Å². The van der Waals surface area contributed by atoms with Gasteiger partial charge < -0.3 is 0 Å². The Morgan fingerprint density at radius 3 is 2.33 bits per heavy atom. The van der Waals surface area contributed by atoms with Crippen molar-refractivity contribution in [3.63, 3.8) is 0 Å². The maximum absolute atomic E-state index is 9.49. The van der Waals surface area contributed by atoms with Gasteiger partial charge in [0.25, 0.3) is 0 Å². The summed E-state index contributed by atoms with van der Waals surface area (Å²) in [4.78, 5) is 0. The minimum absolute atomic E-state index is 0.286. The highest BCUT2D eigenvalue weighted by Gasteiger charge is 1.60. The first kappa shape index (κ1) is 6.00. The third-order valence-electron chi connectivity index (χ3n) is 0.264. The van der Waals surface area contributed by atoms with Crippen molar-refractivity contribution in [3.05, 3.63) is 0 Å². The highest BCUT2D eigenvalue weighted by Crippen LogP contribution is 1.70. The zero-order valence-corrected chi connectivity index (χ0v) is 4.79. The van der Waals surface area contributed by atoms with Crippen molar-refractivity contribution in [1.29, 1.82) is 0 Å². The van der Waals surface area contributed by atoms with E-state index in [9.17, 15) is 5.11 Å². The fourth-order valence-electron chi connectivity index (χ4n) is 0.0983. The molecule has 0 aromatic rings. The highest BCUT2D eigenvalue weighted by molar-refractivity contribution is 9.09. The van der Waals surface area contributed by atoms with Gasteiger partial charge in [-0.1, -0.05) is 27.8 Å². The lowest BCUT2D eigenvalue weighted by atomic mass is 10.6. The van der Waals surface area contributed by atoms with E-state index in [2.05, 4.69) is 27.8 Å². The van der Waals surface area contributed by atoms with Crippen LogP contribution in [-0.2, 0) is 5.11 Å². The molecule has 1 radical (unpaired) electrons. The fourth-order valence-corrected chi connectivity index (χ4v) is 0.297. The number of alkyl halides is 1. The van der Waals surface area contributed by atoms with Crippen molar-refractivity contribution in [2.45, 2.75) is 0 Å². The van der Waals surface area contributed by atoms with Crippen LogP contribution in [0.2, 0.25) is 0 Å². The summed E-state index contributed by atoms with van der Waals surface area (Å²) in [6, 6.07) is 0. The Morgan fingerprint density at radius 1 is 1.50 bits per heavy atom. The maximum atomic E-state index is 9.49. The molecule has 0 rings (SSSR count). The van der Waals surface area contributed by atoms with E-state index in [4.69, 9.17) is 0 Å². The topological polar surface area (TPSA) is 19.9 Å². The molecule has 0 aliphatic rings. The minimum Gasteiger partial charge on any atom is -0.223 e. The highest BCUT2D eigenvalue weighted by atomic mass is 79.9. The number of halogens is 1. The second kappa shape index (κ2) is 5.00. The average Bonchev–Trinajstić information content (AvgIpc) is 1.61. The molecular weight excluding hydrogens is 144 g/mol. The predicted molar refractivity (Wildman–Crippen MR) is 27.1 cm³/mol. The summed E-state index contributed by atoms with van der Waals surface area (Å²) in [6.07, 6.45) is 0. The molecule has 6 heavy (non-hydrogen) atoms. The van der Waals surface area contributed by atoms with Crippen LogP contribution in [0.25, 0.3) is 0 Å². The average molecular weight is 148 g/mol. The van der Waals surface area contributed by atoms with Gasteiger partial charge in [0.1, 0.15) is 6.61 Å². The van der Waals surface area contributed by atoms with E-state index in [1.54, 1.807) is 0 Å². The molecule has 0 N–H and O–H groups in total. The van der Waals surface area contributed by atoms with Gasteiger partial charge in [-0.3, -0.25) is 0 Å². The molecule has 0 aliphatic carbocycles. The number of rotatable bonds is 0. The Morgan fingerprint density at radius 2 is 2.17 bits per heavy atom. The molecular formula is C4H4BrO. The number of hydrogen-bond donors (Lipinski definition) is 0. The summed E-state index contributed by atoms with van der Waals surface area (Å²) >= 11 is 3.04. The minimum atomic E-state index is -0.286. The summed E-state index contributed by atoms with van der Waals surface area (Å²) in [5.74, 6) is 4.90. The van der Waals surface area contributed by atoms with E-state index in [1.807, 2.05) is 0 Å². The standard InChI is InChI=1S/C4H4BrO/c5-3-1-2-4-6/h3-4H2. The van der Waals surface area contributed by atoms with Gasteiger partial charge in [0.15, 0.2) is 0 Å². The van der Waals surface area contributed by atoms with E-state index >= 15 is 0 Å². The molecule has 33 valence electrons. The first-order chi connectivity index (χ1) is 2.91. The first-order valence-corrected chi connectivity index (χ1v) is 2.63. The molecule has 0 bridgehead atoms. The smallest absolute Gasteiger partial charge is 0.143 e. The molecule has 0 aromatic carbocycles. The van der Waals surface area contributed by atoms with Crippen LogP contribution in [0.3, 0.4) is 0 Å². The molecule has 0 aromatic heterocycles. The van der Waals surface area contributed by atoms with Crippen LogP contribution in [0.4, 0.5) is 0 Å². The molecule has 0 fully saturated rings. The number of hydrogen-bond acceptors (Lipinski definition) is 0. The predicted octanol–water partition coefficient (Wildman–Crippen LogP) is 0.815. The van der Waals surface area contributed by atoms with Crippen LogP contribution in [0.1, 0.15) is 0 Å². The third kappa shape index (κ3) is 4.00. The van der Waals surface area contributed by atoms with E-state index in [1.165, 1.54) is 0 Å². The van der Waals surface area contributed by atoms with Crippen molar-refractivity contribution in [2.24, 2.45) is 0 Å². The Hall–Kier alpha value is 0. The van der Waals surface area contributed by atoms with Crippen molar-refractivity contribution in [1.82, 2.24) is 0 Å². The molecule has 0 amide bonds. The summed E-state index contributed by atoms with van der Waals surface area (Å²) in [7, 11) is 0. The van der Waals surface area contributed by atoms with Crippen LogP contribution in [0.5, 0.6) is 0 Å². The molecule has 0 saturated heterocycles. The van der Waals surface area contributed by atoms with Crippen LogP contribution in [0.15, 0.2) is 0 Å². The molecule has 0 aliphatic heterocycles. The largest absolute Gasteiger partial charge is 0.223 e. The van der Waals surface area contributed by atoms with E-state index < -0.39 is 0 Å². The van der Waals surface area contributed by atoms with Gasteiger partial charge in [0.2, 0.25) is 0 Å². The normalized spacial score (nSPS) is 6.33. The SMILES string of the molecule is [O]CC#CCBr. The van der Waals surface area contributed by atoms with Gasteiger partial charge in [-0.15, -0.1) is 0 Å². The summed E-state index contributed by atoms with van der Waals surface area (Å²) in [6.45, 7) is -0.286. The Bertz CT molecular complexity index is 61.4. The van der Waals surface area contributed by atoms with E-state index in [0.29, 0.717) is 5.33 Å². The van der Waals surface area contributed by atoms with Gasteiger partial charge in [-0.25, -0.2) is 5.11 Å². The van der Waals surface area contributed by atoms with E-state index in [-0.39, 0.29) is 6.61 Å². The zero-order chi connectivity index (χ0) is 4.83. The molecule has 1 nitrogen and oxygen atoms in total. The molecule has 2 heteroatoms.